The fourth-order valence-corrected chi connectivity index (χ4v) is 3.58. The Labute approximate surface area is 174 Å². The minimum absolute atomic E-state index is 0.0392. The molecule has 0 bridgehead atoms. The Hall–Kier alpha value is -2.13. The van der Waals surface area contributed by atoms with Crippen LogP contribution in [0, 0.1) is 17.2 Å². The molecule has 1 aliphatic rings. The standard InChI is InChI=1S/C21H30F3N3O3/c1-12(2)10-26-18(29)17-20(3,4)21(23,24)11-27(17)19(30)16(28)15(25)9-13-6-5-7-14(22)8-13/h5-8,12,15-17,28H,9-11,25H2,1-4H3,(H,26,29)/t15-,16-,17+/m0/s1. The van der Waals surface area contributed by atoms with E-state index >= 15 is 0 Å². The maximum Gasteiger partial charge on any atom is 0.272 e. The van der Waals surface area contributed by atoms with Crippen molar-refractivity contribution in [1.29, 1.82) is 0 Å². The van der Waals surface area contributed by atoms with Crippen LogP contribution >= 0.6 is 0 Å². The van der Waals surface area contributed by atoms with E-state index in [1.165, 1.54) is 32.0 Å². The molecule has 1 saturated heterocycles. The van der Waals surface area contributed by atoms with E-state index in [1.807, 2.05) is 13.8 Å². The van der Waals surface area contributed by atoms with Gasteiger partial charge < -0.3 is 21.1 Å². The van der Waals surface area contributed by atoms with Crippen molar-refractivity contribution < 1.29 is 27.9 Å². The summed E-state index contributed by atoms with van der Waals surface area (Å²) in [5.41, 5.74) is 4.53. The van der Waals surface area contributed by atoms with E-state index in [-0.39, 0.29) is 18.9 Å². The zero-order valence-electron chi connectivity index (χ0n) is 17.7. The molecule has 6 nitrogen and oxygen atoms in total. The highest BCUT2D eigenvalue weighted by atomic mass is 19.3. The summed E-state index contributed by atoms with van der Waals surface area (Å²) in [6.07, 6.45) is -1.86. The molecule has 2 rings (SSSR count). The monoisotopic (exact) mass is 429 g/mol. The van der Waals surface area contributed by atoms with Crippen LogP contribution in [0.3, 0.4) is 0 Å². The van der Waals surface area contributed by atoms with Gasteiger partial charge >= 0.3 is 0 Å². The lowest BCUT2D eigenvalue weighted by Gasteiger charge is -2.33. The molecule has 3 atom stereocenters. The summed E-state index contributed by atoms with van der Waals surface area (Å²) in [5.74, 6) is -5.50. The van der Waals surface area contributed by atoms with E-state index in [0.29, 0.717) is 10.5 Å². The first-order valence-corrected chi connectivity index (χ1v) is 9.92. The molecule has 9 heteroatoms. The van der Waals surface area contributed by atoms with Gasteiger partial charge in [-0.1, -0.05) is 39.8 Å². The lowest BCUT2D eigenvalue weighted by atomic mass is 9.81. The Morgan fingerprint density at radius 2 is 1.97 bits per heavy atom. The van der Waals surface area contributed by atoms with E-state index < -0.39 is 53.7 Å². The van der Waals surface area contributed by atoms with Crippen LogP contribution in [0.25, 0.3) is 0 Å². The summed E-state index contributed by atoms with van der Waals surface area (Å²) in [5, 5.41) is 13.0. The first-order valence-electron chi connectivity index (χ1n) is 9.92. The van der Waals surface area contributed by atoms with Gasteiger partial charge in [-0.15, -0.1) is 0 Å². The van der Waals surface area contributed by atoms with Crippen molar-refractivity contribution >= 4 is 11.8 Å². The molecule has 0 radical (unpaired) electrons. The molecule has 168 valence electrons. The van der Waals surface area contributed by atoms with Gasteiger partial charge in [0.25, 0.3) is 11.8 Å². The van der Waals surface area contributed by atoms with Gasteiger partial charge in [0.05, 0.1) is 12.0 Å². The van der Waals surface area contributed by atoms with Gasteiger partial charge in [0.1, 0.15) is 18.0 Å². The molecule has 1 aromatic carbocycles. The molecule has 1 fully saturated rings. The molecule has 30 heavy (non-hydrogen) atoms. The molecule has 1 aliphatic heterocycles. The Bertz CT molecular complexity index is 786. The largest absolute Gasteiger partial charge is 0.382 e. The maximum atomic E-state index is 14.7. The third kappa shape index (κ3) is 4.95. The molecule has 1 aromatic rings. The minimum Gasteiger partial charge on any atom is -0.382 e. The number of rotatable bonds is 7. The lowest BCUT2D eigenvalue weighted by molar-refractivity contribution is -0.147. The fraction of sp³-hybridized carbons (Fsp3) is 0.619. The highest BCUT2D eigenvalue weighted by molar-refractivity contribution is 5.91. The number of alkyl halides is 2. The van der Waals surface area contributed by atoms with Gasteiger partial charge in [0.15, 0.2) is 0 Å². The second-order valence-corrected chi connectivity index (χ2v) is 8.88. The normalized spacial score (nSPS) is 22.1. The summed E-state index contributed by atoms with van der Waals surface area (Å²) in [7, 11) is 0. The first-order chi connectivity index (χ1) is 13.8. The SMILES string of the molecule is CC(C)CNC(=O)[C@H]1N(C(=O)[C@@H](O)[C@@H](N)Cc2cccc(F)c2)CC(F)(F)C1(C)C. The molecular formula is C21H30F3N3O3. The Morgan fingerprint density at radius 1 is 1.33 bits per heavy atom. The van der Waals surface area contributed by atoms with Crippen molar-refractivity contribution in [1.82, 2.24) is 10.2 Å². The zero-order valence-corrected chi connectivity index (χ0v) is 17.7. The Kier molecular flexibility index (Phi) is 7.19. The minimum atomic E-state index is -3.34. The fourth-order valence-electron chi connectivity index (χ4n) is 3.58. The number of amides is 2. The summed E-state index contributed by atoms with van der Waals surface area (Å²) in [6.45, 7) is 5.42. The van der Waals surface area contributed by atoms with Crippen LogP contribution in [0.5, 0.6) is 0 Å². The van der Waals surface area contributed by atoms with Crippen LogP contribution in [0.15, 0.2) is 24.3 Å². The number of nitrogens with one attached hydrogen (secondary N) is 1. The van der Waals surface area contributed by atoms with Crippen molar-refractivity contribution in [3.8, 4) is 0 Å². The van der Waals surface area contributed by atoms with Crippen molar-refractivity contribution in [3.05, 3.63) is 35.6 Å². The molecule has 0 unspecified atom stereocenters. The topological polar surface area (TPSA) is 95.7 Å². The number of likely N-dealkylation sites (tertiary alicyclic amines) is 1. The number of nitrogens with zero attached hydrogens (tertiary/aromatic N) is 1. The number of nitrogens with two attached hydrogens (primary N) is 1. The van der Waals surface area contributed by atoms with Crippen LogP contribution in [0.2, 0.25) is 0 Å². The molecule has 2 amide bonds. The van der Waals surface area contributed by atoms with E-state index in [4.69, 9.17) is 5.73 Å². The smallest absolute Gasteiger partial charge is 0.272 e. The first kappa shape index (κ1) is 24.1. The van der Waals surface area contributed by atoms with Gasteiger partial charge in [-0.3, -0.25) is 9.59 Å². The lowest BCUT2D eigenvalue weighted by Crippen LogP contribution is -2.56. The van der Waals surface area contributed by atoms with Crippen molar-refractivity contribution in [2.45, 2.75) is 58.2 Å². The molecule has 1 heterocycles. The van der Waals surface area contributed by atoms with Gasteiger partial charge in [-0.05, 0) is 30.0 Å². The third-order valence-electron chi connectivity index (χ3n) is 5.54. The van der Waals surface area contributed by atoms with Gasteiger partial charge in [0, 0.05) is 12.6 Å². The van der Waals surface area contributed by atoms with Crippen molar-refractivity contribution in [2.75, 3.05) is 13.1 Å². The van der Waals surface area contributed by atoms with Crippen molar-refractivity contribution in [2.24, 2.45) is 17.1 Å². The number of hydrogen-bond acceptors (Lipinski definition) is 4. The van der Waals surface area contributed by atoms with E-state index in [0.717, 1.165) is 0 Å². The van der Waals surface area contributed by atoms with Crippen LogP contribution in [0.1, 0.15) is 33.3 Å². The van der Waals surface area contributed by atoms with Crippen LogP contribution in [-0.2, 0) is 16.0 Å². The summed E-state index contributed by atoms with van der Waals surface area (Å²) >= 11 is 0. The predicted molar refractivity (Wildman–Crippen MR) is 106 cm³/mol. The van der Waals surface area contributed by atoms with E-state index in [9.17, 15) is 27.9 Å². The highest BCUT2D eigenvalue weighted by Crippen LogP contribution is 2.48. The number of benzene rings is 1. The van der Waals surface area contributed by atoms with Gasteiger partial charge in [-0.2, -0.15) is 0 Å². The maximum absolute atomic E-state index is 14.7. The van der Waals surface area contributed by atoms with Gasteiger partial charge in [0.2, 0.25) is 5.91 Å². The number of aliphatic hydroxyl groups excluding tert-OH is 1. The molecule has 0 aromatic heterocycles. The average Bonchev–Trinajstić information content (AvgIpc) is 2.83. The second-order valence-electron chi connectivity index (χ2n) is 8.88. The molecule has 0 spiro atoms. The molecular weight excluding hydrogens is 399 g/mol. The predicted octanol–water partition coefficient (Wildman–Crippen LogP) is 1.70. The number of halogens is 3. The zero-order chi connectivity index (χ0) is 22.9. The van der Waals surface area contributed by atoms with E-state index in [2.05, 4.69) is 5.32 Å². The Morgan fingerprint density at radius 3 is 2.53 bits per heavy atom. The average molecular weight is 429 g/mol. The summed E-state index contributed by atoms with van der Waals surface area (Å²) < 4.78 is 42.7. The molecule has 0 aliphatic carbocycles. The third-order valence-corrected chi connectivity index (χ3v) is 5.54. The quantitative estimate of drug-likeness (QED) is 0.615. The molecule has 4 N–H and O–H groups in total. The van der Waals surface area contributed by atoms with Crippen LogP contribution < -0.4 is 11.1 Å². The second kappa shape index (κ2) is 8.93. The number of carbonyl (C=O) groups excluding carboxylic acids is 2. The van der Waals surface area contributed by atoms with Gasteiger partial charge in [-0.25, -0.2) is 13.2 Å². The summed E-state index contributed by atoms with van der Waals surface area (Å²) in [4.78, 5) is 26.3. The number of aliphatic hydroxyl groups is 1. The number of hydrogen-bond donors (Lipinski definition) is 3. The Balaban J connectivity index is 2.22. The van der Waals surface area contributed by atoms with Crippen LogP contribution in [-0.4, -0.2) is 59.0 Å². The number of carbonyl (C=O) groups is 2. The van der Waals surface area contributed by atoms with E-state index in [1.54, 1.807) is 6.07 Å². The highest BCUT2D eigenvalue weighted by Gasteiger charge is 2.64. The molecule has 0 saturated carbocycles. The van der Waals surface area contributed by atoms with Crippen molar-refractivity contribution in [3.63, 3.8) is 0 Å². The van der Waals surface area contributed by atoms with Crippen LogP contribution in [0.4, 0.5) is 13.2 Å². The summed E-state index contributed by atoms with van der Waals surface area (Å²) in [6, 6.07) is 2.88.